The SMILES string of the molecule is Cc1ncc2c(n1)C1(CCN(C(=O)c3cc(C)n(C(F)F)n3)CC1)OCC2. The molecule has 7 nitrogen and oxygen atoms in total. The van der Waals surface area contributed by atoms with Gasteiger partial charge >= 0.3 is 6.55 Å². The molecule has 0 N–H and O–H groups in total. The van der Waals surface area contributed by atoms with Crippen LogP contribution in [0.25, 0.3) is 0 Å². The van der Waals surface area contributed by atoms with Gasteiger partial charge in [-0.25, -0.2) is 14.6 Å². The van der Waals surface area contributed by atoms with Crippen molar-refractivity contribution in [2.45, 2.75) is 45.3 Å². The number of fused-ring (bicyclic) bond motifs is 2. The van der Waals surface area contributed by atoms with Crippen LogP contribution >= 0.6 is 0 Å². The Hall–Kier alpha value is -2.42. The summed E-state index contributed by atoms with van der Waals surface area (Å²) in [7, 11) is 0. The fourth-order valence-electron chi connectivity index (χ4n) is 3.90. The van der Waals surface area contributed by atoms with Crippen molar-refractivity contribution < 1.29 is 18.3 Å². The molecule has 0 aromatic carbocycles. The summed E-state index contributed by atoms with van der Waals surface area (Å²) in [6.07, 6.45) is 3.86. The van der Waals surface area contributed by atoms with Crippen molar-refractivity contribution in [2.24, 2.45) is 0 Å². The minimum Gasteiger partial charge on any atom is -0.368 e. The van der Waals surface area contributed by atoms with E-state index in [-0.39, 0.29) is 17.3 Å². The molecule has 0 saturated carbocycles. The maximum Gasteiger partial charge on any atom is 0.333 e. The van der Waals surface area contributed by atoms with Crippen molar-refractivity contribution in [2.75, 3.05) is 19.7 Å². The Kier molecular flexibility index (Phi) is 4.41. The second-order valence-corrected chi connectivity index (χ2v) is 7.07. The maximum atomic E-state index is 12.9. The quantitative estimate of drug-likeness (QED) is 0.804. The average molecular weight is 377 g/mol. The normalized spacial score (nSPS) is 18.8. The van der Waals surface area contributed by atoms with E-state index in [1.807, 2.05) is 13.1 Å². The predicted octanol–water partition coefficient (Wildman–Crippen LogP) is 2.39. The van der Waals surface area contributed by atoms with Gasteiger partial charge in [0.05, 0.1) is 12.3 Å². The second kappa shape index (κ2) is 6.63. The minimum absolute atomic E-state index is 0.0480. The lowest BCUT2D eigenvalue weighted by molar-refractivity contribution is -0.0969. The standard InChI is InChI=1S/C18H21F2N5O2/c1-11-9-14(23-25(11)17(19)20)16(26)24-6-4-18(5-7-24)15-13(3-8-27-18)10-21-12(2)22-15/h9-10,17H,3-8H2,1-2H3. The molecule has 1 fully saturated rings. The van der Waals surface area contributed by atoms with E-state index in [4.69, 9.17) is 4.74 Å². The average Bonchev–Trinajstić information content (AvgIpc) is 3.05. The van der Waals surface area contributed by atoms with E-state index < -0.39 is 12.2 Å². The Morgan fingerprint density at radius 1 is 1.30 bits per heavy atom. The summed E-state index contributed by atoms with van der Waals surface area (Å²) >= 11 is 0. The number of hydrogen-bond acceptors (Lipinski definition) is 5. The first-order valence-corrected chi connectivity index (χ1v) is 9.00. The zero-order valence-electron chi connectivity index (χ0n) is 15.3. The molecule has 144 valence electrons. The molecule has 0 radical (unpaired) electrons. The molecule has 2 aliphatic rings. The van der Waals surface area contributed by atoms with Crippen molar-refractivity contribution in [3.8, 4) is 0 Å². The first-order chi connectivity index (χ1) is 12.9. The van der Waals surface area contributed by atoms with Crippen molar-refractivity contribution >= 4 is 5.91 Å². The topological polar surface area (TPSA) is 73.1 Å². The van der Waals surface area contributed by atoms with Gasteiger partial charge in [-0.1, -0.05) is 0 Å². The summed E-state index contributed by atoms with van der Waals surface area (Å²) in [5, 5.41) is 3.76. The highest BCUT2D eigenvalue weighted by Gasteiger charge is 2.43. The van der Waals surface area contributed by atoms with E-state index in [0.29, 0.717) is 43.0 Å². The van der Waals surface area contributed by atoms with Gasteiger partial charge in [0.2, 0.25) is 0 Å². The molecule has 4 rings (SSSR count). The van der Waals surface area contributed by atoms with Gasteiger partial charge in [-0.05, 0) is 44.7 Å². The molecule has 27 heavy (non-hydrogen) atoms. The van der Waals surface area contributed by atoms with Crippen LogP contribution in [0.2, 0.25) is 0 Å². The highest BCUT2D eigenvalue weighted by molar-refractivity contribution is 5.92. The number of piperidine rings is 1. The van der Waals surface area contributed by atoms with Crippen LogP contribution in [0, 0.1) is 13.8 Å². The smallest absolute Gasteiger partial charge is 0.333 e. The highest BCUT2D eigenvalue weighted by Crippen LogP contribution is 2.40. The first-order valence-electron chi connectivity index (χ1n) is 9.00. The van der Waals surface area contributed by atoms with E-state index in [2.05, 4.69) is 15.1 Å². The monoisotopic (exact) mass is 377 g/mol. The van der Waals surface area contributed by atoms with E-state index in [1.54, 1.807) is 4.90 Å². The number of halogens is 2. The number of likely N-dealkylation sites (tertiary alicyclic amines) is 1. The molecule has 1 spiro atoms. The zero-order valence-corrected chi connectivity index (χ0v) is 15.3. The van der Waals surface area contributed by atoms with Gasteiger partial charge in [-0.2, -0.15) is 13.9 Å². The fraction of sp³-hybridized carbons (Fsp3) is 0.556. The molecule has 1 saturated heterocycles. The Bertz CT molecular complexity index is 875. The molecule has 2 aliphatic heterocycles. The molecule has 9 heteroatoms. The summed E-state index contributed by atoms with van der Waals surface area (Å²) in [6.45, 7) is 2.12. The summed E-state index contributed by atoms with van der Waals surface area (Å²) in [4.78, 5) is 23.2. The number of hydrogen-bond donors (Lipinski definition) is 0. The Balaban J connectivity index is 1.52. The summed E-state index contributed by atoms with van der Waals surface area (Å²) in [5.41, 5.74) is 1.82. The lowest BCUT2D eigenvalue weighted by atomic mass is 9.83. The Morgan fingerprint density at radius 2 is 2.04 bits per heavy atom. The first kappa shape index (κ1) is 18.0. The molecule has 2 aromatic rings. The third-order valence-corrected chi connectivity index (χ3v) is 5.35. The fourth-order valence-corrected chi connectivity index (χ4v) is 3.90. The van der Waals surface area contributed by atoms with Crippen molar-refractivity contribution in [3.63, 3.8) is 0 Å². The maximum absolute atomic E-state index is 12.9. The number of rotatable bonds is 2. The highest BCUT2D eigenvalue weighted by atomic mass is 19.3. The number of ether oxygens (including phenoxy) is 1. The van der Waals surface area contributed by atoms with Crippen LogP contribution < -0.4 is 0 Å². The van der Waals surface area contributed by atoms with Crippen LogP contribution in [0.4, 0.5) is 8.78 Å². The van der Waals surface area contributed by atoms with Crippen LogP contribution in [-0.2, 0) is 16.8 Å². The van der Waals surface area contributed by atoms with Crippen LogP contribution in [-0.4, -0.2) is 50.3 Å². The molecule has 1 amide bonds. The third kappa shape index (κ3) is 3.09. The number of aryl methyl sites for hydroxylation is 2. The Labute approximate surface area is 155 Å². The lowest BCUT2D eigenvalue weighted by Crippen LogP contribution is -2.49. The van der Waals surface area contributed by atoms with Gasteiger partial charge in [0.15, 0.2) is 5.69 Å². The molecule has 0 atom stereocenters. The van der Waals surface area contributed by atoms with Crippen molar-refractivity contribution in [1.29, 1.82) is 0 Å². The van der Waals surface area contributed by atoms with E-state index in [9.17, 15) is 13.6 Å². The van der Waals surface area contributed by atoms with Gasteiger partial charge < -0.3 is 9.64 Å². The van der Waals surface area contributed by atoms with Gasteiger partial charge in [0, 0.05) is 25.0 Å². The molecule has 0 bridgehead atoms. The van der Waals surface area contributed by atoms with Crippen LogP contribution in [0.5, 0.6) is 0 Å². The van der Waals surface area contributed by atoms with E-state index in [0.717, 1.165) is 17.7 Å². The second-order valence-electron chi connectivity index (χ2n) is 7.07. The molecular weight excluding hydrogens is 356 g/mol. The zero-order chi connectivity index (χ0) is 19.2. The number of amides is 1. The van der Waals surface area contributed by atoms with Gasteiger partial charge in [-0.3, -0.25) is 4.79 Å². The largest absolute Gasteiger partial charge is 0.368 e. The summed E-state index contributed by atoms with van der Waals surface area (Å²) in [6, 6.07) is 1.40. The van der Waals surface area contributed by atoms with Gasteiger partial charge in [-0.15, -0.1) is 0 Å². The minimum atomic E-state index is -2.76. The molecule has 2 aromatic heterocycles. The lowest BCUT2D eigenvalue weighted by Gasteiger charge is -2.43. The van der Waals surface area contributed by atoms with Crippen LogP contribution in [0.1, 0.15) is 52.7 Å². The van der Waals surface area contributed by atoms with Gasteiger partial charge in [0.25, 0.3) is 5.91 Å². The van der Waals surface area contributed by atoms with Gasteiger partial charge in [0.1, 0.15) is 11.4 Å². The number of carbonyl (C=O) groups excluding carboxylic acids is 1. The third-order valence-electron chi connectivity index (χ3n) is 5.35. The van der Waals surface area contributed by atoms with Crippen molar-refractivity contribution in [3.05, 3.63) is 40.7 Å². The molecule has 0 aliphatic carbocycles. The number of alkyl halides is 2. The summed E-state index contributed by atoms with van der Waals surface area (Å²) in [5.74, 6) is 0.368. The van der Waals surface area contributed by atoms with Crippen LogP contribution in [0.15, 0.2) is 12.3 Å². The van der Waals surface area contributed by atoms with Crippen molar-refractivity contribution in [1.82, 2.24) is 24.6 Å². The van der Waals surface area contributed by atoms with E-state index in [1.165, 1.54) is 13.0 Å². The summed E-state index contributed by atoms with van der Waals surface area (Å²) < 4.78 is 32.5. The number of aromatic nitrogens is 4. The predicted molar refractivity (Wildman–Crippen MR) is 91.5 cm³/mol. The number of nitrogens with zero attached hydrogens (tertiary/aromatic N) is 5. The van der Waals surface area contributed by atoms with Crippen LogP contribution in [0.3, 0.4) is 0 Å². The number of carbonyl (C=O) groups is 1. The molecule has 4 heterocycles. The Morgan fingerprint density at radius 3 is 2.70 bits per heavy atom. The molecule has 0 unspecified atom stereocenters. The van der Waals surface area contributed by atoms with E-state index >= 15 is 0 Å². The molecular formula is C18H21F2N5O2.